The van der Waals surface area contributed by atoms with Crippen LogP contribution in [0.1, 0.15) is 395 Å². The summed E-state index contributed by atoms with van der Waals surface area (Å²) in [5, 5.41) is 10.6. The Bertz CT molecular complexity index is 2030. The first-order valence-electron chi connectivity index (χ1n) is 41.2. The Kier molecular flexibility index (Phi) is 69.1. The maximum Gasteiger partial charge on any atom is 0.472 e. The van der Waals surface area contributed by atoms with E-state index in [9.17, 15) is 43.2 Å². The Hall–Kier alpha value is -2.46. The monoisotopic (exact) mass is 1460 g/mol. The summed E-state index contributed by atoms with van der Waals surface area (Å²) in [6, 6.07) is 0. The molecule has 0 rings (SSSR count). The van der Waals surface area contributed by atoms with Gasteiger partial charge in [-0.05, 0) is 69.1 Å². The van der Waals surface area contributed by atoms with Gasteiger partial charge in [0.1, 0.15) is 19.3 Å². The third-order valence-electron chi connectivity index (χ3n) is 18.3. The predicted octanol–water partition coefficient (Wildman–Crippen LogP) is 23.7. The normalized spacial score (nSPS) is 14.1. The number of rotatable bonds is 77. The Labute approximate surface area is 612 Å². The lowest BCUT2D eigenvalue weighted by atomic mass is 10.0. The SMILES string of the molecule is CCCCCC/C=C\C=C/CCCCCCCC(=O)O[C@H](COC(=O)CCCCCCCCCC(C)C)COP(=O)(O)OCC(O)COP(=O)(O)OC[C@@H](COC(=O)CCCCCCCCCCCCCCCCCCC(C)C)OC(=O)CCCCCCCCCCCCCCCC(C)C. The molecule has 0 bridgehead atoms. The molecule has 590 valence electrons. The van der Waals surface area contributed by atoms with Crippen LogP contribution in [0.2, 0.25) is 0 Å². The minimum Gasteiger partial charge on any atom is -0.462 e. The lowest BCUT2D eigenvalue weighted by Crippen LogP contribution is -2.30. The van der Waals surface area contributed by atoms with Crippen molar-refractivity contribution in [1.82, 2.24) is 0 Å². The Morgan fingerprint density at radius 1 is 0.310 bits per heavy atom. The number of phosphoric ester groups is 2. The third-order valence-corrected chi connectivity index (χ3v) is 20.2. The topological polar surface area (TPSA) is 237 Å². The highest BCUT2D eigenvalue weighted by atomic mass is 31.2. The lowest BCUT2D eigenvalue weighted by Gasteiger charge is -2.21. The molecule has 17 nitrogen and oxygen atoms in total. The van der Waals surface area contributed by atoms with Crippen LogP contribution in [0.5, 0.6) is 0 Å². The van der Waals surface area contributed by atoms with Crippen LogP contribution in [0.4, 0.5) is 0 Å². The molecule has 0 heterocycles. The smallest absolute Gasteiger partial charge is 0.462 e. The van der Waals surface area contributed by atoms with E-state index in [-0.39, 0.29) is 25.7 Å². The molecule has 100 heavy (non-hydrogen) atoms. The van der Waals surface area contributed by atoms with Crippen molar-refractivity contribution >= 4 is 39.5 Å². The first kappa shape index (κ1) is 97.5. The summed E-state index contributed by atoms with van der Waals surface area (Å²) in [5.41, 5.74) is 0. The van der Waals surface area contributed by atoms with Crippen molar-refractivity contribution < 1.29 is 80.2 Å². The fourth-order valence-electron chi connectivity index (χ4n) is 11.9. The van der Waals surface area contributed by atoms with Gasteiger partial charge >= 0.3 is 39.5 Å². The lowest BCUT2D eigenvalue weighted by molar-refractivity contribution is -0.161. The number of aliphatic hydroxyl groups excluding tert-OH is 1. The van der Waals surface area contributed by atoms with Gasteiger partial charge in [0.15, 0.2) is 12.2 Å². The predicted molar refractivity (Wildman–Crippen MR) is 409 cm³/mol. The minimum atomic E-state index is -4.97. The van der Waals surface area contributed by atoms with E-state index in [1.54, 1.807) is 0 Å². The number of hydrogen-bond acceptors (Lipinski definition) is 15. The third kappa shape index (κ3) is 73.8. The number of hydrogen-bond donors (Lipinski definition) is 3. The zero-order valence-corrected chi connectivity index (χ0v) is 66.9. The van der Waals surface area contributed by atoms with Gasteiger partial charge in [-0.1, -0.05) is 342 Å². The highest BCUT2D eigenvalue weighted by molar-refractivity contribution is 7.47. The molecule has 5 atom stereocenters. The Morgan fingerprint density at radius 3 is 0.810 bits per heavy atom. The van der Waals surface area contributed by atoms with E-state index < -0.39 is 97.5 Å². The van der Waals surface area contributed by atoms with Crippen molar-refractivity contribution in [1.29, 1.82) is 0 Å². The van der Waals surface area contributed by atoms with E-state index in [1.165, 1.54) is 186 Å². The van der Waals surface area contributed by atoms with Gasteiger partial charge in [-0.15, -0.1) is 0 Å². The molecule has 0 aromatic carbocycles. The van der Waals surface area contributed by atoms with Gasteiger partial charge in [0.05, 0.1) is 26.4 Å². The van der Waals surface area contributed by atoms with Gasteiger partial charge < -0.3 is 33.8 Å². The summed E-state index contributed by atoms with van der Waals surface area (Å²) < 4.78 is 68.6. The number of carbonyl (C=O) groups excluding carboxylic acids is 4. The molecule has 0 aliphatic heterocycles. The zero-order valence-electron chi connectivity index (χ0n) is 65.2. The largest absolute Gasteiger partial charge is 0.472 e. The van der Waals surface area contributed by atoms with Crippen LogP contribution in [0.15, 0.2) is 24.3 Å². The van der Waals surface area contributed by atoms with E-state index in [2.05, 4.69) is 72.8 Å². The Balaban J connectivity index is 5.27. The van der Waals surface area contributed by atoms with Crippen LogP contribution in [0.25, 0.3) is 0 Å². The van der Waals surface area contributed by atoms with Crippen molar-refractivity contribution in [3.05, 3.63) is 24.3 Å². The van der Waals surface area contributed by atoms with Gasteiger partial charge in [-0.2, -0.15) is 0 Å². The molecule has 0 radical (unpaired) electrons. The average molecular weight is 1460 g/mol. The Morgan fingerprint density at radius 2 is 0.540 bits per heavy atom. The molecule has 0 amide bonds. The first-order valence-corrected chi connectivity index (χ1v) is 44.2. The van der Waals surface area contributed by atoms with Gasteiger partial charge in [0.2, 0.25) is 0 Å². The van der Waals surface area contributed by atoms with Gasteiger partial charge in [-0.3, -0.25) is 37.3 Å². The molecule has 0 spiro atoms. The van der Waals surface area contributed by atoms with Gasteiger partial charge in [0.25, 0.3) is 0 Å². The average Bonchev–Trinajstić information content (AvgIpc) is 0.913. The molecule has 0 fully saturated rings. The molecule has 0 aromatic heterocycles. The summed E-state index contributed by atoms with van der Waals surface area (Å²) in [6.07, 6.45) is 61.9. The van der Waals surface area contributed by atoms with Crippen molar-refractivity contribution in [2.45, 2.75) is 414 Å². The summed E-state index contributed by atoms with van der Waals surface area (Å²) in [7, 11) is -9.93. The number of unbranched alkanes of at least 4 members (excludes halogenated alkanes) is 42. The van der Waals surface area contributed by atoms with Crippen molar-refractivity contribution in [3.63, 3.8) is 0 Å². The highest BCUT2D eigenvalue weighted by Gasteiger charge is 2.30. The molecular weight excluding hydrogens is 1310 g/mol. The molecule has 0 saturated carbocycles. The van der Waals surface area contributed by atoms with Crippen LogP contribution in [0.3, 0.4) is 0 Å². The van der Waals surface area contributed by atoms with Gasteiger partial charge in [0, 0.05) is 25.7 Å². The van der Waals surface area contributed by atoms with E-state index in [0.717, 1.165) is 121 Å². The molecule has 3 N–H and O–H groups in total. The minimum absolute atomic E-state index is 0.0841. The van der Waals surface area contributed by atoms with Crippen molar-refractivity contribution in [2.75, 3.05) is 39.6 Å². The second-order valence-corrected chi connectivity index (χ2v) is 32.8. The molecule has 0 aliphatic carbocycles. The van der Waals surface area contributed by atoms with Gasteiger partial charge in [-0.25, -0.2) is 9.13 Å². The molecule has 0 aromatic rings. The maximum atomic E-state index is 13.1. The number of aliphatic hydroxyl groups is 1. The number of ether oxygens (including phenoxy) is 4. The summed E-state index contributed by atoms with van der Waals surface area (Å²) in [5.74, 6) is 0.156. The molecule has 3 unspecified atom stereocenters. The fraction of sp³-hybridized carbons (Fsp3) is 0.901. The number of phosphoric acid groups is 2. The molecule has 0 saturated heterocycles. The maximum absolute atomic E-state index is 13.1. The fourth-order valence-corrected chi connectivity index (χ4v) is 13.5. The first-order chi connectivity index (χ1) is 48.2. The second kappa shape index (κ2) is 70.8. The van der Waals surface area contributed by atoms with Crippen LogP contribution in [-0.2, 0) is 65.4 Å². The molecular formula is C81H154O17P2. The van der Waals surface area contributed by atoms with Crippen molar-refractivity contribution in [2.24, 2.45) is 17.8 Å². The van der Waals surface area contributed by atoms with Crippen LogP contribution < -0.4 is 0 Å². The van der Waals surface area contributed by atoms with Crippen molar-refractivity contribution in [3.8, 4) is 0 Å². The number of esters is 4. The van der Waals surface area contributed by atoms with E-state index in [0.29, 0.717) is 31.6 Å². The van der Waals surface area contributed by atoms with E-state index in [1.807, 2.05) is 0 Å². The summed E-state index contributed by atoms with van der Waals surface area (Å²) in [4.78, 5) is 73.0. The number of allylic oxidation sites excluding steroid dienone is 4. The quantitative estimate of drug-likeness (QED) is 0.0169. The second-order valence-electron chi connectivity index (χ2n) is 29.9. The zero-order chi connectivity index (χ0) is 73.7. The van der Waals surface area contributed by atoms with E-state index in [4.69, 9.17) is 37.0 Å². The summed E-state index contributed by atoms with van der Waals surface area (Å²) in [6.45, 7) is 11.9. The standard InChI is InChI=1S/C81H154O17P2/c1-8-9-10-11-12-13-14-15-18-25-30-35-42-50-57-64-81(86)98-77(69-92-79(84)63-56-49-44-37-40-47-54-61-74(6)7)71-96-100(89,90)94-67-75(82)66-93-99(87,88)95-70-76(97-80(85)65-58-51-43-36-31-26-21-23-28-33-39-46-53-60-73(4)5)68-91-78(83)62-55-48-41-34-29-24-20-17-16-19-22-27-32-38-45-52-59-72(2)3/h13-15,18,72-77,82H,8-12,16-17,19-71H2,1-7H3,(H,87,88)(H,89,90)/b14-13-,18-15-/t75?,76-,77-/m1/s1. The molecule has 19 heteroatoms. The van der Waals surface area contributed by atoms with E-state index >= 15 is 0 Å². The summed E-state index contributed by atoms with van der Waals surface area (Å²) >= 11 is 0. The molecule has 0 aliphatic rings. The van der Waals surface area contributed by atoms with Crippen LogP contribution >= 0.6 is 15.6 Å². The van der Waals surface area contributed by atoms with Crippen LogP contribution in [0, 0.1) is 17.8 Å². The highest BCUT2D eigenvalue weighted by Crippen LogP contribution is 2.45. The number of carbonyl (C=O) groups is 4. The van der Waals surface area contributed by atoms with Crippen LogP contribution in [-0.4, -0.2) is 96.7 Å².